The molecule has 0 saturated carbocycles. The van der Waals surface area contributed by atoms with E-state index in [-0.39, 0.29) is 22.3 Å². The molecular formula is C13H7ClN2O2. The highest BCUT2D eigenvalue weighted by Crippen LogP contribution is 2.30. The number of ketones is 2. The van der Waals surface area contributed by atoms with Gasteiger partial charge in [0.25, 0.3) is 0 Å². The number of Topliss-reactive ketones (excluding diaryl/α,β-unsaturated/α-hetero) is 2. The molecule has 1 aromatic carbocycles. The smallest absolute Gasteiger partial charge is 0.212 e. The van der Waals surface area contributed by atoms with E-state index in [4.69, 9.17) is 11.6 Å². The third-order valence-corrected chi connectivity index (χ3v) is 3.15. The Kier molecular flexibility index (Phi) is 2.38. The van der Waals surface area contributed by atoms with Gasteiger partial charge in [0, 0.05) is 23.5 Å². The number of benzene rings is 1. The Morgan fingerprint density at radius 1 is 1.06 bits per heavy atom. The van der Waals surface area contributed by atoms with Crippen molar-refractivity contribution in [2.45, 2.75) is 0 Å². The zero-order valence-corrected chi connectivity index (χ0v) is 9.89. The number of imidazole rings is 1. The van der Waals surface area contributed by atoms with Crippen LogP contribution < -0.4 is 0 Å². The predicted octanol–water partition coefficient (Wildman–Crippen LogP) is 2.37. The van der Waals surface area contributed by atoms with Gasteiger partial charge in [-0.3, -0.25) is 9.59 Å². The number of nitrogens with zero attached hydrogens (tertiary/aromatic N) is 2. The fraction of sp³-hybridized carbons (Fsp3) is 0. The van der Waals surface area contributed by atoms with Crippen LogP contribution in [-0.4, -0.2) is 21.1 Å². The molecule has 0 atom stereocenters. The Morgan fingerprint density at radius 2 is 1.72 bits per heavy atom. The van der Waals surface area contributed by atoms with Gasteiger partial charge in [0.2, 0.25) is 11.6 Å². The van der Waals surface area contributed by atoms with E-state index in [1.165, 1.54) is 17.1 Å². The van der Waals surface area contributed by atoms with Crippen molar-refractivity contribution in [3.05, 3.63) is 59.1 Å². The lowest BCUT2D eigenvalue weighted by Crippen LogP contribution is -2.21. The van der Waals surface area contributed by atoms with E-state index >= 15 is 0 Å². The average molecular weight is 259 g/mol. The number of aromatic nitrogens is 2. The largest absolute Gasteiger partial charge is 0.301 e. The second-order valence-corrected chi connectivity index (χ2v) is 4.21. The quantitative estimate of drug-likeness (QED) is 0.789. The standard InChI is InChI=1S/C13H7ClN2O2/c14-10-11(16-6-5-15-7-16)13(18)9-4-2-1-3-8(9)12(10)17/h1-7H. The van der Waals surface area contributed by atoms with Crippen LogP contribution in [0.1, 0.15) is 20.7 Å². The fourth-order valence-corrected chi connectivity index (χ4v) is 2.24. The maximum Gasteiger partial charge on any atom is 0.212 e. The van der Waals surface area contributed by atoms with Crippen molar-refractivity contribution in [1.29, 1.82) is 0 Å². The van der Waals surface area contributed by atoms with Crippen LogP contribution in [0.2, 0.25) is 0 Å². The number of hydrogen-bond donors (Lipinski definition) is 0. The van der Waals surface area contributed by atoms with Gasteiger partial charge in [-0.25, -0.2) is 4.98 Å². The maximum atomic E-state index is 12.3. The van der Waals surface area contributed by atoms with Gasteiger partial charge in [-0.15, -0.1) is 0 Å². The van der Waals surface area contributed by atoms with Crippen molar-refractivity contribution >= 4 is 28.9 Å². The molecule has 0 aliphatic heterocycles. The molecule has 0 unspecified atom stereocenters. The van der Waals surface area contributed by atoms with Gasteiger partial charge < -0.3 is 4.57 Å². The molecule has 4 nitrogen and oxygen atoms in total. The molecule has 18 heavy (non-hydrogen) atoms. The van der Waals surface area contributed by atoms with Gasteiger partial charge in [0.15, 0.2) is 0 Å². The first-order chi connectivity index (χ1) is 8.70. The van der Waals surface area contributed by atoms with Crippen LogP contribution in [0.3, 0.4) is 0 Å². The number of carbonyl (C=O) groups is 2. The van der Waals surface area contributed by atoms with Crippen LogP contribution in [-0.2, 0) is 0 Å². The highest BCUT2D eigenvalue weighted by atomic mass is 35.5. The monoisotopic (exact) mass is 258 g/mol. The molecule has 0 bridgehead atoms. The normalized spacial score (nSPS) is 14.9. The Bertz CT molecular complexity index is 687. The van der Waals surface area contributed by atoms with E-state index in [9.17, 15) is 9.59 Å². The maximum absolute atomic E-state index is 12.3. The first-order valence-corrected chi connectivity index (χ1v) is 5.64. The van der Waals surface area contributed by atoms with Crippen LogP contribution in [0.15, 0.2) is 48.0 Å². The lowest BCUT2D eigenvalue weighted by Gasteiger charge is -2.17. The third-order valence-electron chi connectivity index (χ3n) is 2.80. The van der Waals surface area contributed by atoms with Crippen LogP contribution >= 0.6 is 11.6 Å². The van der Waals surface area contributed by atoms with Crippen molar-refractivity contribution in [1.82, 2.24) is 9.55 Å². The van der Waals surface area contributed by atoms with Crippen LogP contribution in [0.4, 0.5) is 0 Å². The predicted molar refractivity (Wildman–Crippen MR) is 66.4 cm³/mol. The van der Waals surface area contributed by atoms with Crippen LogP contribution in [0, 0.1) is 0 Å². The highest BCUT2D eigenvalue weighted by molar-refractivity contribution is 6.55. The van der Waals surface area contributed by atoms with Crippen molar-refractivity contribution in [3.8, 4) is 0 Å². The molecule has 1 heterocycles. The summed E-state index contributed by atoms with van der Waals surface area (Å²) < 4.78 is 1.46. The Balaban J connectivity index is 2.26. The minimum absolute atomic E-state index is 0.0725. The molecule has 1 aromatic heterocycles. The summed E-state index contributed by atoms with van der Waals surface area (Å²) in [7, 11) is 0. The Labute approximate surface area is 108 Å². The molecule has 1 aliphatic rings. The summed E-state index contributed by atoms with van der Waals surface area (Å²) in [6.45, 7) is 0. The van der Waals surface area contributed by atoms with Crippen molar-refractivity contribution in [2.75, 3.05) is 0 Å². The van der Waals surface area contributed by atoms with Crippen LogP contribution in [0.25, 0.3) is 5.70 Å². The molecule has 0 amide bonds. The van der Waals surface area contributed by atoms with E-state index in [1.54, 1.807) is 30.5 Å². The molecule has 3 rings (SSSR count). The molecular weight excluding hydrogens is 252 g/mol. The Hall–Kier alpha value is -2.20. The number of hydrogen-bond acceptors (Lipinski definition) is 3. The summed E-state index contributed by atoms with van der Waals surface area (Å²) >= 11 is 6.01. The Morgan fingerprint density at radius 3 is 2.33 bits per heavy atom. The van der Waals surface area contributed by atoms with Gasteiger partial charge in [0.1, 0.15) is 10.7 Å². The summed E-state index contributed by atoms with van der Waals surface area (Å²) in [5, 5.41) is -0.0725. The number of fused-ring (bicyclic) bond motifs is 1. The topological polar surface area (TPSA) is 52.0 Å². The lowest BCUT2D eigenvalue weighted by molar-refractivity contribution is 0.0994. The fourth-order valence-electron chi connectivity index (χ4n) is 1.95. The number of allylic oxidation sites excluding steroid dienone is 2. The van der Waals surface area contributed by atoms with E-state index in [0.717, 1.165) is 0 Å². The summed E-state index contributed by atoms with van der Waals surface area (Å²) in [5.74, 6) is -0.608. The number of halogens is 1. The zero-order valence-electron chi connectivity index (χ0n) is 9.13. The summed E-state index contributed by atoms with van der Waals surface area (Å²) in [6, 6.07) is 6.64. The highest BCUT2D eigenvalue weighted by Gasteiger charge is 2.31. The zero-order chi connectivity index (χ0) is 12.7. The molecule has 1 aliphatic carbocycles. The SMILES string of the molecule is O=C1C(Cl)=C(n2ccnc2)C(=O)c2ccccc21. The first-order valence-electron chi connectivity index (χ1n) is 5.26. The van der Waals surface area contributed by atoms with Gasteiger partial charge in [0.05, 0.1) is 6.33 Å². The lowest BCUT2D eigenvalue weighted by atomic mass is 9.92. The molecule has 0 fully saturated rings. The molecule has 88 valence electrons. The van der Waals surface area contributed by atoms with Gasteiger partial charge in [-0.05, 0) is 0 Å². The van der Waals surface area contributed by atoms with E-state index in [2.05, 4.69) is 4.98 Å². The molecule has 0 N–H and O–H groups in total. The van der Waals surface area contributed by atoms with E-state index < -0.39 is 0 Å². The van der Waals surface area contributed by atoms with Gasteiger partial charge >= 0.3 is 0 Å². The molecule has 5 heteroatoms. The van der Waals surface area contributed by atoms with E-state index in [1.807, 2.05) is 0 Å². The van der Waals surface area contributed by atoms with Crippen LogP contribution in [0.5, 0.6) is 0 Å². The second kappa shape index (κ2) is 3.92. The third kappa shape index (κ3) is 1.43. The second-order valence-electron chi connectivity index (χ2n) is 3.84. The molecule has 0 spiro atoms. The van der Waals surface area contributed by atoms with Crippen molar-refractivity contribution in [3.63, 3.8) is 0 Å². The number of rotatable bonds is 1. The average Bonchev–Trinajstić information content (AvgIpc) is 2.90. The van der Waals surface area contributed by atoms with Gasteiger partial charge in [-0.2, -0.15) is 0 Å². The minimum Gasteiger partial charge on any atom is -0.301 e. The van der Waals surface area contributed by atoms with E-state index in [0.29, 0.717) is 11.1 Å². The van der Waals surface area contributed by atoms with Crippen molar-refractivity contribution in [2.24, 2.45) is 0 Å². The molecule has 2 aromatic rings. The summed E-state index contributed by atoms with van der Waals surface area (Å²) in [4.78, 5) is 28.3. The van der Waals surface area contributed by atoms with Gasteiger partial charge in [-0.1, -0.05) is 35.9 Å². The summed E-state index contributed by atoms with van der Waals surface area (Å²) in [5.41, 5.74) is 0.866. The minimum atomic E-state index is -0.337. The molecule has 0 radical (unpaired) electrons. The number of carbonyl (C=O) groups excluding carboxylic acids is 2. The summed E-state index contributed by atoms with van der Waals surface area (Å²) in [6.07, 6.45) is 4.54. The first kappa shape index (κ1) is 10.9. The van der Waals surface area contributed by atoms with Crippen molar-refractivity contribution < 1.29 is 9.59 Å². The molecule has 0 saturated heterocycles.